The summed E-state index contributed by atoms with van der Waals surface area (Å²) in [6.45, 7) is 1.97. The predicted octanol–water partition coefficient (Wildman–Crippen LogP) is 2.71. The normalized spacial score (nSPS) is 15.7. The number of carbonyl (C=O) groups excluding carboxylic acids is 1. The maximum absolute atomic E-state index is 11.2. The highest BCUT2D eigenvalue weighted by atomic mass is 35.5. The minimum Gasteiger partial charge on any atom is -0.299 e. The monoisotopic (exact) mass is 194 g/mol. The SMILES string of the molecule is Cc1ccc2c(c1Cl)CC(=O)CC2. The summed E-state index contributed by atoms with van der Waals surface area (Å²) < 4.78 is 0. The lowest BCUT2D eigenvalue weighted by Gasteiger charge is -2.17. The van der Waals surface area contributed by atoms with E-state index < -0.39 is 0 Å². The van der Waals surface area contributed by atoms with Crippen molar-refractivity contribution >= 4 is 17.4 Å². The van der Waals surface area contributed by atoms with E-state index in [9.17, 15) is 4.79 Å². The van der Waals surface area contributed by atoms with E-state index in [0.29, 0.717) is 18.6 Å². The van der Waals surface area contributed by atoms with Gasteiger partial charge in [-0.2, -0.15) is 0 Å². The topological polar surface area (TPSA) is 17.1 Å². The molecule has 0 saturated heterocycles. The van der Waals surface area contributed by atoms with Crippen LogP contribution in [-0.2, 0) is 17.6 Å². The van der Waals surface area contributed by atoms with Gasteiger partial charge in [0.05, 0.1) is 0 Å². The van der Waals surface area contributed by atoms with E-state index in [1.807, 2.05) is 13.0 Å². The second-order valence-corrected chi connectivity index (χ2v) is 3.93. The molecule has 1 aliphatic rings. The van der Waals surface area contributed by atoms with Crippen molar-refractivity contribution in [2.75, 3.05) is 0 Å². The highest BCUT2D eigenvalue weighted by molar-refractivity contribution is 6.32. The molecule has 0 fully saturated rings. The van der Waals surface area contributed by atoms with E-state index in [4.69, 9.17) is 11.6 Å². The van der Waals surface area contributed by atoms with Crippen molar-refractivity contribution in [3.05, 3.63) is 33.8 Å². The zero-order valence-corrected chi connectivity index (χ0v) is 8.32. The number of benzene rings is 1. The van der Waals surface area contributed by atoms with Gasteiger partial charge in [-0.05, 0) is 30.0 Å². The van der Waals surface area contributed by atoms with Crippen molar-refractivity contribution in [3.63, 3.8) is 0 Å². The second kappa shape index (κ2) is 3.15. The Labute approximate surface area is 82.7 Å². The third-order valence-corrected chi connectivity index (χ3v) is 3.11. The molecule has 0 bridgehead atoms. The highest BCUT2D eigenvalue weighted by Crippen LogP contribution is 2.28. The maximum atomic E-state index is 11.2. The summed E-state index contributed by atoms with van der Waals surface area (Å²) in [5.41, 5.74) is 3.36. The maximum Gasteiger partial charge on any atom is 0.137 e. The molecule has 68 valence electrons. The molecule has 2 heteroatoms. The molecule has 0 spiro atoms. The smallest absolute Gasteiger partial charge is 0.137 e. The molecule has 0 radical (unpaired) electrons. The van der Waals surface area contributed by atoms with Gasteiger partial charge in [0.1, 0.15) is 5.78 Å². The van der Waals surface area contributed by atoms with E-state index in [0.717, 1.165) is 22.6 Å². The lowest BCUT2D eigenvalue weighted by molar-refractivity contribution is -0.118. The number of carbonyl (C=O) groups is 1. The number of fused-ring (bicyclic) bond motifs is 1. The van der Waals surface area contributed by atoms with Crippen molar-refractivity contribution in [3.8, 4) is 0 Å². The number of hydrogen-bond donors (Lipinski definition) is 0. The Morgan fingerprint density at radius 3 is 2.85 bits per heavy atom. The van der Waals surface area contributed by atoms with Gasteiger partial charge in [0.25, 0.3) is 0 Å². The van der Waals surface area contributed by atoms with Crippen LogP contribution in [0.25, 0.3) is 0 Å². The third-order valence-electron chi connectivity index (χ3n) is 2.58. The molecule has 0 unspecified atom stereocenters. The van der Waals surface area contributed by atoms with Gasteiger partial charge in [-0.1, -0.05) is 23.7 Å². The Morgan fingerprint density at radius 2 is 2.08 bits per heavy atom. The highest BCUT2D eigenvalue weighted by Gasteiger charge is 2.18. The average molecular weight is 195 g/mol. The molecule has 1 aliphatic carbocycles. The first kappa shape index (κ1) is 8.76. The minimum atomic E-state index is 0.306. The van der Waals surface area contributed by atoms with Crippen molar-refractivity contribution in [1.29, 1.82) is 0 Å². The summed E-state index contributed by atoms with van der Waals surface area (Å²) in [5.74, 6) is 0.306. The van der Waals surface area contributed by atoms with Crippen molar-refractivity contribution in [2.24, 2.45) is 0 Å². The van der Waals surface area contributed by atoms with Crippen LogP contribution in [-0.4, -0.2) is 5.78 Å². The predicted molar refractivity (Wildman–Crippen MR) is 53.2 cm³/mol. The number of hydrogen-bond acceptors (Lipinski definition) is 1. The summed E-state index contributed by atoms with van der Waals surface area (Å²) >= 11 is 6.12. The summed E-state index contributed by atoms with van der Waals surface area (Å²) in [7, 11) is 0. The van der Waals surface area contributed by atoms with Crippen LogP contribution in [0.15, 0.2) is 12.1 Å². The van der Waals surface area contributed by atoms with Crippen LogP contribution in [0.1, 0.15) is 23.1 Å². The lowest BCUT2D eigenvalue weighted by atomic mass is 9.90. The number of aryl methyl sites for hydroxylation is 2. The van der Waals surface area contributed by atoms with Crippen LogP contribution in [0, 0.1) is 6.92 Å². The molecule has 0 heterocycles. The first-order valence-corrected chi connectivity index (χ1v) is 4.85. The lowest BCUT2D eigenvalue weighted by Crippen LogP contribution is -2.13. The Kier molecular flexibility index (Phi) is 2.12. The molecule has 0 atom stereocenters. The summed E-state index contributed by atoms with van der Waals surface area (Å²) in [5, 5.41) is 0.783. The van der Waals surface area contributed by atoms with Gasteiger partial charge in [-0.25, -0.2) is 0 Å². The molecular weight excluding hydrogens is 184 g/mol. The fourth-order valence-electron chi connectivity index (χ4n) is 1.76. The zero-order valence-electron chi connectivity index (χ0n) is 7.56. The van der Waals surface area contributed by atoms with Gasteiger partial charge in [-0.15, -0.1) is 0 Å². The summed E-state index contributed by atoms with van der Waals surface area (Å²) in [6.07, 6.45) is 2.05. The minimum absolute atomic E-state index is 0.306. The number of ketones is 1. The second-order valence-electron chi connectivity index (χ2n) is 3.55. The first-order chi connectivity index (χ1) is 6.18. The molecule has 1 aromatic rings. The average Bonchev–Trinajstić information content (AvgIpc) is 2.12. The van der Waals surface area contributed by atoms with Crippen molar-refractivity contribution in [1.82, 2.24) is 0 Å². The molecule has 1 aromatic carbocycles. The Morgan fingerprint density at radius 1 is 1.31 bits per heavy atom. The van der Waals surface area contributed by atoms with Crippen molar-refractivity contribution < 1.29 is 4.79 Å². The van der Waals surface area contributed by atoms with Gasteiger partial charge < -0.3 is 0 Å². The van der Waals surface area contributed by atoms with Crippen LogP contribution in [0.5, 0.6) is 0 Å². The van der Waals surface area contributed by atoms with Crippen LogP contribution in [0.3, 0.4) is 0 Å². The van der Waals surface area contributed by atoms with Gasteiger partial charge in [0, 0.05) is 17.9 Å². The fourth-order valence-corrected chi connectivity index (χ4v) is 2.01. The molecule has 0 aromatic heterocycles. The Hall–Kier alpha value is -0.820. The fraction of sp³-hybridized carbons (Fsp3) is 0.364. The Balaban J connectivity index is 2.54. The first-order valence-electron chi connectivity index (χ1n) is 4.47. The van der Waals surface area contributed by atoms with E-state index in [1.54, 1.807) is 0 Å². The molecule has 0 N–H and O–H groups in total. The standard InChI is InChI=1S/C11H11ClO/c1-7-2-3-8-4-5-9(13)6-10(8)11(7)12/h2-3H,4-6H2,1H3. The largest absolute Gasteiger partial charge is 0.299 e. The molecule has 2 rings (SSSR count). The molecule has 0 saturated carbocycles. The zero-order chi connectivity index (χ0) is 9.42. The van der Waals surface area contributed by atoms with E-state index >= 15 is 0 Å². The third kappa shape index (κ3) is 1.49. The molecule has 0 aliphatic heterocycles. The van der Waals surface area contributed by atoms with E-state index in [2.05, 4.69) is 6.07 Å². The van der Waals surface area contributed by atoms with Crippen LogP contribution >= 0.6 is 11.6 Å². The van der Waals surface area contributed by atoms with E-state index in [-0.39, 0.29) is 0 Å². The van der Waals surface area contributed by atoms with Gasteiger partial charge in [0.15, 0.2) is 0 Å². The quantitative estimate of drug-likeness (QED) is 0.621. The molecule has 1 nitrogen and oxygen atoms in total. The van der Waals surface area contributed by atoms with Crippen LogP contribution < -0.4 is 0 Å². The van der Waals surface area contributed by atoms with Gasteiger partial charge in [-0.3, -0.25) is 4.79 Å². The Bertz CT molecular complexity index is 369. The molecular formula is C11H11ClO. The number of Topliss-reactive ketones (excluding diaryl/α,β-unsaturated/α-hetero) is 1. The summed E-state index contributed by atoms with van der Waals surface area (Å²) in [4.78, 5) is 11.2. The van der Waals surface area contributed by atoms with E-state index in [1.165, 1.54) is 5.56 Å². The van der Waals surface area contributed by atoms with Gasteiger partial charge >= 0.3 is 0 Å². The number of rotatable bonds is 0. The van der Waals surface area contributed by atoms with Gasteiger partial charge in [0.2, 0.25) is 0 Å². The summed E-state index contributed by atoms with van der Waals surface area (Å²) in [6, 6.07) is 4.11. The molecule has 0 amide bonds. The van der Waals surface area contributed by atoms with Crippen LogP contribution in [0.4, 0.5) is 0 Å². The van der Waals surface area contributed by atoms with Crippen LogP contribution in [0.2, 0.25) is 5.02 Å². The van der Waals surface area contributed by atoms with Crippen molar-refractivity contribution in [2.45, 2.75) is 26.2 Å². The molecule has 13 heavy (non-hydrogen) atoms. The number of halogens is 1.